The van der Waals surface area contributed by atoms with Gasteiger partial charge in [-0.05, 0) is 78.6 Å². The second-order valence-corrected chi connectivity index (χ2v) is 17.0. The number of imidazole rings is 2. The average molecular weight is 900 g/mol. The minimum Gasteiger partial charge on any atom is -0.453 e. The van der Waals surface area contributed by atoms with Gasteiger partial charge in [0.15, 0.2) is 0 Å². The number of hydrogen-bond acceptors (Lipinski definition) is 8. The van der Waals surface area contributed by atoms with Gasteiger partial charge in [-0.3, -0.25) is 9.59 Å². The zero-order valence-corrected chi connectivity index (χ0v) is 37.5. The van der Waals surface area contributed by atoms with Crippen LogP contribution in [-0.4, -0.2) is 105 Å². The highest BCUT2D eigenvalue weighted by molar-refractivity contribution is 5.89. The van der Waals surface area contributed by atoms with Gasteiger partial charge in [0.05, 0.1) is 49.1 Å². The Morgan fingerprint density at radius 2 is 1.10 bits per heavy atom. The molecular weight excluding hydrogens is 847 g/mol. The van der Waals surface area contributed by atoms with E-state index in [4.69, 9.17) is 14.5 Å². The van der Waals surface area contributed by atoms with Crippen molar-refractivity contribution in [1.29, 1.82) is 0 Å². The van der Waals surface area contributed by atoms with Gasteiger partial charge in [0, 0.05) is 44.4 Å². The van der Waals surface area contributed by atoms with Crippen LogP contribution in [0.25, 0.3) is 22.5 Å². The van der Waals surface area contributed by atoms with Gasteiger partial charge in [-0.15, -0.1) is 0 Å². The first-order valence-corrected chi connectivity index (χ1v) is 22.7. The number of nitrogens with one attached hydrogen (secondary N) is 4. The van der Waals surface area contributed by atoms with E-state index in [-0.39, 0.29) is 36.0 Å². The van der Waals surface area contributed by atoms with E-state index >= 15 is 0 Å². The molecule has 67 heavy (non-hydrogen) atoms. The zero-order chi connectivity index (χ0) is 46.3. The van der Waals surface area contributed by atoms with E-state index in [0.29, 0.717) is 43.4 Å². The number of H-pyrrole nitrogens is 2. The number of hydrogen-bond donors (Lipinski definition) is 4. The lowest BCUT2D eigenvalue weighted by atomic mass is 10.0. The molecule has 3 aliphatic rings. The Morgan fingerprint density at radius 1 is 0.627 bits per heavy atom. The van der Waals surface area contributed by atoms with Crippen molar-refractivity contribution < 1.29 is 28.7 Å². The summed E-state index contributed by atoms with van der Waals surface area (Å²) >= 11 is 0. The maximum Gasteiger partial charge on any atom is 0.407 e. The molecule has 0 bridgehead atoms. The molecular formula is C52H53N9O6. The molecule has 4 N–H and O–H groups in total. The molecule has 342 valence electrons. The Labute approximate surface area is 389 Å². The summed E-state index contributed by atoms with van der Waals surface area (Å²) in [6, 6.07) is 31.9. The van der Waals surface area contributed by atoms with Gasteiger partial charge in [-0.1, -0.05) is 96.8 Å². The van der Waals surface area contributed by atoms with Crippen LogP contribution in [0.15, 0.2) is 122 Å². The smallest absolute Gasteiger partial charge is 0.407 e. The monoisotopic (exact) mass is 899 g/mol. The standard InChI is InChI=1S/C52H53N9O6/c1-66-40-27-30-59(33-40)51(64)57-45(38-11-5-3-6-12-38)49(62)60-28-9-15-43(60)47-53-31-41(55-47)36-23-19-34(20-24-36)17-18-35-21-25-37(26-22-35)42-32-54-48(56-42)44-16-10-29-61(44)50(63)46(58-52(65)67-2)39-13-7-4-8-14-39/h3-8,11-14,19-26,31-32,40,43-46H,9-10,15-16,27-30,33H2,1-2H3,(H,53,55)(H,54,56)(H,57,64)(H,58,65)/t40-,43+,44+,45-,46-/m1/s1. The van der Waals surface area contributed by atoms with Crippen molar-refractivity contribution in [1.82, 2.24) is 45.3 Å². The number of urea groups is 1. The number of amides is 5. The molecule has 5 atom stereocenters. The van der Waals surface area contributed by atoms with Crippen molar-refractivity contribution >= 4 is 23.9 Å². The van der Waals surface area contributed by atoms with E-state index in [2.05, 4.69) is 37.4 Å². The molecule has 3 aliphatic heterocycles. The molecule has 0 unspecified atom stereocenters. The maximum absolute atomic E-state index is 14.3. The first kappa shape index (κ1) is 44.5. The largest absolute Gasteiger partial charge is 0.453 e. The van der Waals surface area contributed by atoms with Crippen LogP contribution in [0.4, 0.5) is 9.59 Å². The van der Waals surface area contributed by atoms with Gasteiger partial charge >= 0.3 is 12.1 Å². The van der Waals surface area contributed by atoms with Gasteiger partial charge in [-0.2, -0.15) is 0 Å². The Kier molecular flexibility index (Phi) is 13.4. The number of carbonyl (C=O) groups is 4. The Balaban J connectivity index is 0.828. The molecule has 4 aromatic carbocycles. The second kappa shape index (κ2) is 20.2. The van der Waals surface area contributed by atoms with Crippen LogP contribution in [-0.2, 0) is 19.1 Å². The summed E-state index contributed by atoms with van der Waals surface area (Å²) in [5.74, 6) is 7.55. The van der Waals surface area contributed by atoms with E-state index in [1.165, 1.54) is 7.11 Å². The van der Waals surface area contributed by atoms with Crippen molar-refractivity contribution in [2.24, 2.45) is 0 Å². The average Bonchev–Trinajstić information content (AvgIpc) is 4.24. The summed E-state index contributed by atoms with van der Waals surface area (Å²) in [5, 5.41) is 5.74. The topological polar surface area (TPSA) is 178 Å². The third-order valence-corrected chi connectivity index (χ3v) is 12.9. The number of alkyl carbamates (subject to hydrolysis) is 1. The van der Waals surface area contributed by atoms with Crippen LogP contribution in [0.1, 0.15) is 90.2 Å². The van der Waals surface area contributed by atoms with Gasteiger partial charge in [0.1, 0.15) is 23.7 Å². The van der Waals surface area contributed by atoms with Crippen molar-refractivity contribution in [3.63, 3.8) is 0 Å². The molecule has 0 radical (unpaired) electrons. The maximum atomic E-state index is 14.3. The highest BCUT2D eigenvalue weighted by atomic mass is 16.5. The van der Waals surface area contributed by atoms with E-state index < -0.39 is 18.2 Å². The summed E-state index contributed by atoms with van der Waals surface area (Å²) in [5.41, 5.74) is 6.64. The highest BCUT2D eigenvalue weighted by Gasteiger charge is 2.39. The lowest BCUT2D eigenvalue weighted by molar-refractivity contribution is -0.135. The summed E-state index contributed by atoms with van der Waals surface area (Å²) in [6.45, 7) is 2.17. The molecule has 6 aromatic rings. The Bertz CT molecular complexity index is 2750. The number of aromatic nitrogens is 4. The molecule has 5 amide bonds. The van der Waals surface area contributed by atoms with Crippen LogP contribution < -0.4 is 10.6 Å². The summed E-state index contributed by atoms with van der Waals surface area (Å²) in [7, 11) is 2.93. The third kappa shape index (κ3) is 9.95. The molecule has 3 fully saturated rings. The molecule has 15 nitrogen and oxygen atoms in total. The third-order valence-electron chi connectivity index (χ3n) is 12.9. The number of benzene rings is 4. The number of methoxy groups -OCH3 is 2. The van der Waals surface area contributed by atoms with E-state index in [1.807, 2.05) is 114 Å². The second-order valence-electron chi connectivity index (χ2n) is 17.0. The number of carbonyl (C=O) groups excluding carboxylic acids is 4. The quantitative estimate of drug-likeness (QED) is 0.0969. The van der Waals surface area contributed by atoms with Gasteiger partial charge in [0.25, 0.3) is 5.91 Å². The minimum atomic E-state index is -0.887. The number of ether oxygens (including phenoxy) is 2. The van der Waals surface area contributed by atoms with Crippen LogP contribution in [0.5, 0.6) is 0 Å². The predicted octanol–water partition coefficient (Wildman–Crippen LogP) is 7.46. The number of aromatic amines is 2. The molecule has 3 saturated heterocycles. The van der Waals surface area contributed by atoms with Gasteiger partial charge in [0.2, 0.25) is 5.91 Å². The normalized spacial score (nSPS) is 18.8. The summed E-state index contributed by atoms with van der Waals surface area (Å²) in [4.78, 5) is 75.5. The fourth-order valence-corrected chi connectivity index (χ4v) is 9.24. The lowest BCUT2D eigenvalue weighted by Gasteiger charge is -2.30. The van der Waals surface area contributed by atoms with Crippen LogP contribution >= 0.6 is 0 Å². The first-order chi connectivity index (χ1) is 32.8. The molecule has 9 rings (SSSR count). The number of rotatable bonds is 11. The number of nitrogens with zero attached hydrogens (tertiary/aromatic N) is 5. The Hall–Kier alpha value is -7.70. The molecule has 5 heterocycles. The van der Waals surface area contributed by atoms with Crippen molar-refractivity contribution in [2.45, 2.75) is 62.4 Å². The highest BCUT2D eigenvalue weighted by Crippen LogP contribution is 2.36. The van der Waals surface area contributed by atoms with E-state index in [0.717, 1.165) is 71.3 Å². The van der Waals surface area contributed by atoms with E-state index in [1.54, 1.807) is 29.3 Å². The zero-order valence-electron chi connectivity index (χ0n) is 37.5. The SMILES string of the molecule is COC(=O)N[C@@H](C(=O)N1CCC[C@H]1c1ncc(-c2ccc(C#Cc3ccc(-c4cnc([C@@H]5CCCN5C(=O)[C@H](NC(=O)N5CC[C@@H](OC)C5)c5ccccc5)[nH]4)cc3)cc2)[nH]1)c1ccccc1. The lowest BCUT2D eigenvalue weighted by Crippen LogP contribution is -2.47. The first-order valence-electron chi connectivity index (χ1n) is 22.7. The van der Waals surface area contributed by atoms with Crippen molar-refractivity contribution in [3.05, 3.63) is 155 Å². The molecule has 0 spiro atoms. The fourth-order valence-electron chi connectivity index (χ4n) is 9.24. The van der Waals surface area contributed by atoms with Crippen LogP contribution in [0.3, 0.4) is 0 Å². The number of likely N-dealkylation sites (tertiary alicyclic amines) is 3. The molecule has 2 aromatic heterocycles. The fraction of sp³-hybridized carbons (Fsp3) is 0.308. The van der Waals surface area contributed by atoms with Crippen LogP contribution in [0, 0.1) is 11.8 Å². The predicted molar refractivity (Wildman–Crippen MR) is 251 cm³/mol. The van der Waals surface area contributed by atoms with Crippen molar-refractivity contribution in [2.75, 3.05) is 40.4 Å². The molecule has 15 heteroatoms. The molecule has 0 saturated carbocycles. The van der Waals surface area contributed by atoms with Gasteiger partial charge < -0.3 is 44.8 Å². The summed E-state index contributed by atoms with van der Waals surface area (Å²) in [6.07, 6.45) is 6.79. The van der Waals surface area contributed by atoms with E-state index in [9.17, 15) is 19.2 Å². The van der Waals surface area contributed by atoms with Gasteiger partial charge in [-0.25, -0.2) is 19.6 Å². The minimum absolute atomic E-state index is 0.00904. The van der Waals surface area contributed by atoms with Crippen molar-refractivity contribution in [3.8, 4) is 34.4 Å². The summed E-state index contributed by atoms with van der Waals surface area (Å²) < 4.78 is 10.3. The molecule has 0 aliphatic carbocycles. The Morgan fingerprint density at radius 3 is 1.55 bits per heavy atom. The van der Waals surface area contributed by atoms with Crippen LogP contribution in [0.2, 0.25) is 0 Å².